The third kappa shape index (κ3) is 3.01. The molecule has 0 saturated heterocycles. The molecule has 100 valence electrons. The lowest BCUT2D eigenvalue weighted by molar-refractivity contribution is 0.624. The Bertz CT molecular complexity index is 599. The van der Waals surface area contributed by atoms with Crippen molar-refractivity contribution in [2.45, 2.75) is 25.6 Å². The molecule has 0 nitrogen and oxygen atoms in total. The van der Waals surface area contributed by atoms with Crippen molar-refractivity contribution in [3.05, 3.63) is 69.0 Å². The quantitative estimate of drug-likeness (QED) is 0.598. The van der Waals surface area contributed by atoms with Gasteiger partial charge in [-0.25, -0.2) is 4.39 Å². The number of rotatable bonds is 2. The summed E-state index contributed by atoms with van der Waals surface area (Å²) in [7, 11) is 0. The van der Waals surface area contributed by atoms with E-state index in [1.54, 1.807) is 12.1 Å². The molecular weight excluding hydrogens is 327 g/mol. The molecule has 0 aliphatic carbocycles. The summed E-state index contributed by atoms with van der Waals surface area (Å²) in [4.78, 5) is 0.0202. The van der Waals surface area contributed by atoms with E-state index in [1.807, 2.05) is 39.0 Å². The third-order valence-corrected chi connectivity index (χ3v) is 4.51. The van der Waals surface area contributed by atoms with Gasteiger partial charge >= 0.3 is 0 Å². The molecule has 0 spiro atoms. The van der Waals surface area contributed by atoms with E-state index >= 15 is 0 Å². The van der Waals surface area contributed by atoms with Crippen molar-refractivity contribution in [1.82, 2.24) is 0 Å². The molecule has 0 saturated carbocycles. The average molecular weight is 342 g/mol. The molecule has 1 atom stereocenters. The van der Waals surface area contributed by atoms with Gasteiger partial charge in [0.1, 0.15) is 5.82 Å². The van der Waals surface area contributed by atoms with Gasteiger partial charge in [-0.1, -0.05) is 33.6 Å². The molecule has 0 heterocycles. The van der Waals surface area contributed by atoms with Crippen LogP contribution in [0.15, 0.2) is 30.3 Å². The Morgan fingerprint density at radius 2 is 1.58 bits per heavy atom. The number of halogens is 3. The highest BCUT2D eigenvalue weighted by atomic mass is 79.9. The fourth-order valence-electron chi connectivity index (χ4n) is 2.36. The van der Waals surface area contributed by atoms with Gasteiger partial charge in [0.25, 0.3) is 0 Å². The summed E-state index contributed by atoms with van der Waals surface area (Å²) >= 11 is 9.80. The first-order chi connectivity index (χ1) is 8.90. The van der Waals surface area contributed by atoms with Crippen LogP contribution in [0.5, 0.6) is 0 Å². The van der Waals surface area contributed by atoms with E-state index in [1.165, 1.54) is 0 Å². The van der Waals surface area contributed by atoms with Crippen LogP contribution in [0.1, 0.15) is 32.6 Å². The second-order valence-electron chi connectivity index (χ2n) is 4.82. The molecule has 0 bridgehead atoms. The first-order valence-electron chi connectivity index (χ1n) is 6.07. The van der Waals surface area contributed by atoms with E-state index < -0.39 is 0 Å². The number of aryl methyl sites for hydroxylation is 3. The van der Waals surface area contributed by atoms with Crippen LogP contribution in [-0.4, -0.2) is 0 Å². The minimum Gasteiger partial charge on any atom is -0.207 e. The lowest BCUT2D eigenvalue weighted by atomic mass is 9.94. The molecular formula is C16H15BrClF. The molecule has 1 unspecified atom stereocenters. The number of alkyl halides is 1. The number of benzene rings is 2. The van der Waals surface area contributed by atoms with Crippen molar-refractivity contribution in [2.75, 3.05) is 0 Å². The fourth-order valence-corrected chi connectivity index (χ4v) is 3.76. The standard InChI is InChI=1S/C16H15BrClF/c1-9-4-5-12(18)8-14(9)16(17)15-10(2)6-13(19)7-11(15)3/h4-8,16H,1-3H3. The summed E-state index contributed by atoms with van der Waals surface area (Å²) in [6, 6.07) is 8.97. The molecule has 0 fully saturated rings. The van der Waals surface area contributed by atoms with Crippen LogP contribution in [0, 0.1) is 26.6 Å². The molecule has 0 aliphatic heterocycles. The van der Waals surface area contributed by atoms with Crippen LogP contribution in [0.4, 0.5) is 4.39 Å². The van der Waals surface area contributed by atoms with Crippen molar-refractivity contribution in [3.63, 3.8) is 0 Å². The normalized spacial score (nSPS) is 12.5. The highest BCUT2D eigenvalue weighted by Gasteiger charge is 2.18. The Morgan fingerprint density at radius 3 is 2.16 bits per heavy atom. The molecule has 0 aromatic heterocycles. The maximum absolute atomic E-state index is 13.4. The van der Waals surface area contributed by atoms with Crippen molar-refractivity contribution < 1.29 is 4.39 Å². The Hall–Kier alpha value is -0.860. The van der Waals surface area contributed by atoms with E-state index in [9.17, 15) is 4.39 Å². The van der Waals surface area contributed by atoms with Crippen LogP contribution in [0.3, 0.4) is 0 Å². The van der Waals surface area contributed by atoms with Gasteiger partial charge in [0.2, 0.25) is 0 Å². The summed E-state index contributed by atoms with van der Waals surface area (Å²) in [5.74, 6) is -0.193. The van der Waals surface area contributed by atoms with E-state index in [-0.39, 0.29) is 10.6 Å². The molecule has 19 heavy (non-hydrogen) atoms. The van der Waals surface area contributed by atoms with E-state index in [2.05, 4.69) is 15.9 Å². The Morgan fingerprint density at radius 1 is 1.00 bits per heavy atom. The fraction of sp³-hybridized carbons (Fsp3) is 0.250. The van der Waals surface area contributed by atoms with Crippen LogP contribution in [-0.2, 0) is 0 Å². The van der Waals surface area contributed by atoms with Crippen LogP contribution in [0.25, 0.3) is 0 Å². The van der Waals surface area contributed by atoms with E-state index in [0.29, 0.717) is 5.02 Å². The van der Waals surface area contributed by atoms with Crippen molar-refractivity contribution in [2.24, 2.45) is 0 Å². The van der Waals surface area contributed by atoms with E-state index in [0.717, 1.165) is 27.8 Å². The first kappa shape index (κ1) is 14.5. The van der Waals surface area contributed by atoms with Gasteiger partial charge in [-0.15, -0.1) is 0 Å². The average Bonchev–Trinajstić information content (AvgIpc) is 2.30. The van der Waals surface area contributed by atoms with Gasteiger partial charge in [0.05, 0.1) is 4.83 Å². The van der Waals surface area contributed by atoms with Gasteiger partial charge in [-0.05, 0) is 72.9 Å². The lowest BCUT2D eigenvalue weighted by Crippen LogP contribution is -2.02. The molecule has 0 N–H and O–H groups in total. The van der Waals surface area contributed by atoms with E-state index in [4.69, 9.17) is 11.6 Å². The zero-order valence-corrected chi connectivity index (χ0v) is 13.4. The molecule has 2 aromatic rings. The second kappa shape index (κ2) is 5.64. The van der Waals surface area contributed by atoms with Gasteiger partial charge in [-0.2, -0.15) is 0 Å². The smallest absolute Gasteiger partial charge is 0.123 e. The largest absolute Gasteiger partial charge is 0.207 e. The Labute approximate surface area is 126 Å². The number of hydrogen-bond donors (Lipinski definition) is 0. The molecule has 0 amide bonds. The topological polar surface area (TPSA) is 0 Å². The van der Waals surface area contributed by atoms with Crippen LogP contribution in [0.2, 0.25) is 5.02 Å². The van der Waals surface area contributed by atoms with Crippen LogP contribution >= 0.6 is 27.5 Å². The maximum atomic E-state index is 13.4. The predicted octanol–water partition coefficient (Wildman–Crippen LogP) is 5.89. The SMILES string of the molecule is Cc1ccc(Cl)cc1C(Br)c1c(C)cc(F)cc1C. The monoisotopic (exact) mass is 340 g/mol. The zero-order chi connectivity index (χ0) is 14.2. The molecule has 3 heteroatoms. The lowest BCUT2D eigenvalue weighted by Gasteiger charge is -2.19. The van der Waals surface area contributed by atoms with Crippen molar-refractivity contribution >= 4 is 27.5 Å². The Balaban J connectivity index is 2.56. The third-order valence-electron chi connectivity index (χ3n) is 3.33. The summed E-state index contributed by atoms with van der Waals surface area (Å²) in [5, 5.41) is 0.711. The highest BCUT2D eigenvalue weighted by molar-refractivity contribution is 9.09. The minimum absolute atomic E-state index is 0.0202. The summed E-state index contributed by atoms with van der Waals surface area (Å²) in [6.45, 7) is 5.91. The van der Waals surface area contributed by atoms with Crippen LogP contribution < -0.4 is 0 Å². The Kier molecular flexibility index (Phi) is 4.32. The van der Waals surface area contributed by atoms with Gasteiger partial charge < -0.3 is 0 Å². The second-order valence-corrected chi connectivity index (χ2v) is 6.17. The molecule has 0 radical (unpaired) electrons. The predicted molar refractivity (Wildman–Crippen MR) is 82.8 cm³/mol. The zero-order valence-electron chi connectivity index (χ0n) is 11.1. The first-order valence-corrected chi connectivity index (χ1v) is 7.36. The summed E-state index contributed by atoms with van der Waals surface area (Å²) < 4.78 is 13.4. The summed E-state index contributed by atoms with van der Waals surface area (Å²) in [6.07, 6.45) is 0. The summed E-state index contributed by atoms with van der Waals surface area (Å²) in [5.41, 5.74) is 5.27. The van der Waals surface area contributed by atoms with Gasteiger partial charge in [0.15, 0.2) is 0 Å². The highest BCUT2D eigenvalue weighted by Crippen LogP contribution is 2.37. The molecule has 0 aliphatic rings. The minimum atomic E-state index is -0.193. The van der Waals surface area contributed by atoms with Gasteiger partial charge in [0, 0.05) is 5.02 Å². The van der Waals surface area contributed by atoms with Crippen molar-refractivity contribution in [1.29, 1.82) is 0 Å². The van der Waals surface area contributed by atoms with Crippen molar-refractivity contribution in [3.8, 4) is 0 Å². The van der Waals surface area contributed by atoms with Gasteiger partial charge in [-0.3, -0.25) is 0 Å². The number of hydrogen-bond acceptors (Lipinski definition) is 0. The maximum Gasteiger partial charge on any atom is 0.123 e. The molecule has 2 rings (SSSR count). The molecule has 2 aromatic carbocycles.